The van der Waals surface area contributed by atoms with Crippen LogP contribution >= 0.6 is 0 Å². The van der Waals surface area contributed by atoms with E-state index in [9.17, 15) is 4.39 Å². The molecule has 2 heteroatoms. The number of nitrogens with one attached hydrogen (secondary N) is 1. The minimum atomic E-state index is -0.133. The third-order valence-corrected chi connectivity index (χ3v) is 4.67. The summed E-state index contributed by atoms with van der Waals surface area (Å²) in [4.78, 5) is 0. The molecule has 2 fully saturated rings. The first-order valence-electron chi connectivity index (χ1n) is 6.70. The fourth-order valence-corrected chi connectivity index (χ4v) is 2.97. The van der Waals surface area contributed by atoms with Crippen molar-refractivity contribution in [2.24, 2.45) is 5.92 Å². The Bertz CT molecular complexity index is 396. The highest BCUT2D eigenvalue weighted by atomic mass is 19.1. The fraction of sp³-hybridized carbons (Fsp3) is 0.600. The molecule has 17 heavy (non-hydrogen) atoms. The average molecular weight is 233 g/mol. The Morgan fingerprint density at radius 2 is 1.94 bits per heavy atom. The number of halogens is 1. The number of rotatable bonds is 4. The molecule has 0 amide bonds. The standard InChI is InChI=1S/C15H20FN/c1-11-8-9-15(11,10-17-14-6-7-14)12-2-4-13(16)5-3-12/h2-5,11,14,17H,6-10H2,1H3. The summed E-state index contributed by atoms with van der Waals surface area (Å²) >= 11 is 0. The summed E-state index contributed by atoms with van der Waals surface area (Å²) in [6.07, 6.45) is 5.19. The Labute approximate surface area is 102 Å². The molecule has 3 rings (SSSR count). The van der Waals surface area contributed by atoms with Gasteiger partial charge in [0.1, 0.15) is 5.82 Å². The van der Waals surface area contributed by atoms with E-state index in [1.54, 1.807) is 12.1 Å². The molecule has 2 unspecified atom stereocenters. The molecule has 92 valence electrons. The lowest BCUT2D eigenvalue weighted by Crippen LogP contribution is -2.50. The summed E-state index contributed by atoms with van der Waals surface area (Å²) in [5, 5.41) is 3.65. The smallest absolute Gasteiger partial charge is 0.123 e. The van der Waals surface area contributed by atoms with Crippen LogP contribution in [-0.2, 0) is 5.41 Å². The van der Waals surface area contributed by atoms with Crippen LogP contribution < -0.4 is 5.32 Å². The number of hydrogen-bond acceptors (Lipinski definition) is 1. The van der Waals surface area contributed by atoms with Crippen molar-refractivity contribution in [2.45, 2.75) is 44.1 Å². The minimum Gasteiger partial charge on any atom is -0.313 e. The van der Waals surface area contributed by atoms with Crippen LogP contribution in [0.4, 0.5) is 4.39 Å². The fourth-order valence-electron chi connectivity index (χ4n) is 2.97. The highest BCUT2D eigenvalue weighted by Crippen LogP contribution is 2.48. The van der Waals surface area contributed by atoms with E-state index in [-0.39, 0.29) is 11.2 Å². The second-order valence-corrected chi connectivity index (χ2v) is 5.76. The van der Waals surface area contributed by atoms with Crippen LogP contribution in [0, 0.1) is 11.7 Å². The predicted molar refractivity (Wildman–Crippen MR) is 67.5 cm³/mol. The molecule has 2 aliphatic carbocycles. The van der Waals surface area contributed by atoms with E-state index in [2.05, 4.69) is 12.2 Å². The molecule has 0 spiro atoms. The van der Waals surface area contributed by atoms with E-state index in [0.29, 0.717) is 5.92 Å². The maximum Gasteiger partial charge on any atom is 0.123 e. The molecule has 2 aliphatic rings. The first kappa shape index (κ1) is 11.2. The number of hydrogen-bond donors (Lipinski definition) is 1. The Hall–Kier alpha value is -0.890. The van der Waals surface area contributed by atoms with Gasteiger partial charge in [0.2, 0.25) is 0 Å². The van der Waals surface area contributed by atoms with Crippen molar-refractivity contribution < 1.29 is 4.39 Å². The molecule has 2 atom stereocenters. The van der Waals surface area contributed by atoms with E-state index < -0.39 is 0 Å². The van der Waals surface area contributed by atoms with Gasteiger partial charge in [-0.15, -0.1) is 0 Å². The van der Waals surface area contributed by atoms with Crippen molar-refractivity contribution in [3.8, 4) is 0 Å². The highest BCUT2D eigenvalue weighted by molar-refractivity contribution is 5.30. The van der Waals surface area contributed by atoms with Gasteiger partial charge < -0.3 is 5.32 Å². The van der Waals surface area contributed by atoms with Gasteiger partial charge >= 0.3 is 0 Å². The van der Waals surface area contributed by atoms with E-state index in [0.717, 1.165) is 12.6 Å². The third kappa shape index (κ3) is 1.99. The molecule has 0 saturated heterocycles. The second kappa shape index (κ2) is 4.09. The molecule has 0 bridgehead atoms. The van der Waals surface area contributed by atoms with Gasteiger partial charge in [0.05, 0.1) is 0 Å². The minimum absolute atomic E-state index is 0.133. The average Bonchev–Trinajstić information content (AvgIpc) is 3.14. The first-order valence-corrected chi connectivity index (χ1v) is 6.70. The molecular formula is C15H20FN. The summed E-state index contributed by atoms with van der Waals surface area (Å²) in [6.45, 7) is 3.38. The Kier molecular flexibility index (Phi) is 2.70. The molecule has 2 saturated carbocycles. The van der Waals surface area contributed by atoms with E-state index in [4.69, 9.17) is 0 Å². The highest BCUT2D eigenvalue weighted by Gasteiger charge is 2.45. The molecule has 1 aromatic rings. The van der Waals surface area contributed by atoms with Crippen LogP contribution in [0.15, 0.2) is 24.3 Å². The zero-order valence-electron chi connectivity index (χ0n) is 10.4. The zero-order chi connectivity index (χ0) is 11.9. The van der Waals surface area contributed by atoms with Crippen LogP contribution in [0.5, 0.6) is 0 Å². The Balaban J connectivity index is 1.80. The lowest BCUT2D eigenvalue weighted by atomic mass is 9.57. The van der Waals surface area contributed by atoms with Crippen LogP contribution in [0.25, 0.3) is 0 Å². The van der Waals surface area contributed by atoms with Crippen molar-refractivity contribution in [2.75, 3.05) is 6.54 Å². The molecule has 1 nitrogen and oxygen atoms in total. The summed E-state index contributed by atoms with van der Waals surface area (Å²) in [7, 11) is 0. The van der Waals surface area contributed by atoms with Crippen LogP contribution in [-0.4, -0.2) is 12.6 Å². The normalized spacial score (nSPS) is 32.2. The summed E-state index contributed by atoms with van der Waals surface area (Å²) in [5.41, 5.74) is 1.57. The second-order valence-electron chi connectivity index (χ2n) is 5.76. The zero-order valence-corrected chi connectivity index (χ0v) is 10.4. The van der Waals surface area contributed by atoms with Crippen molar-refractivity contribution in [1.82, 2.24) is 5.32 Å². The van der Waals surface area contributed by atoms with Gasteiger partial charge in [0, 0.05) is 18.0 Å². The van der Waals surface area contributed by atoms with Gasteiger partial charge in [-0.25, -0.2) is 4.39 Å². The Morgan fingerprint density at radius 1 is 1.24 bits per heavy atom. The summed E-state index contributed by atoms with van der Waals surface area (Å²) < 4.78 is 13.0. The van der Waals surface area contributed by atoms with E-state index >= 15 is 0 Å². The third-order valence-electron chi connectivity index (χ3n) is 4.67. The maximum atomic E-state index is 13.0. The molecule has 0 heterocycles. The molecule has 1 N–H and O–H groups in total. The largest absolute Gasteiger partial charge is 0.313 e. The SMILES string of the molecule is CC1CCC1(CNC1CC1)c1ccc(F)cc1. The van der Waals surface area contributed by atoms with Gasteiger partial charge in [-0.1, -0.05) is 19.1 Å². The molecule has 0 aromatic heterocycles. The van der Waals surface area contributed by atoms with Crippen molar-refractivity contribution in [3.05, 3.63) is 35.6 Å². The molecular weight excluding hydrogens is 213 g/mol. The maximum absolute atomic E-state index is 13.0. The molecule has 1 aromatic carbocycles. The first-order chi connectivity index (χ1) is 8.21. The molecule has 0 aliphatic heterocycles. The molecule has 0 radical (unpaired) electrons. The van der Waals surface area contributed by atoms with Gasteiger partial charge in [0.15, 0.2) is 0 Å². The number of benzene rings is 1. The van der Waals surface area contributed by atoms with Crippen molar-refractivity contribution >= 4 is 0 Å². The Morgan fingerprint density at radius 3 is 2.41 bits per heavy atom. The van der Waals surface area contributed by atoms with Gasteiger partial charge in [-0.3, -0.25) is 0 Å². The summed E-state index contributed by atoms with van der Waals surface area (Å²) in [5.74, 6) is 0.574. The van der Waals surface area contributed by atoms with E-state index in [1.165, 1.54) is 31.2 Å². The van der Waals surface area contributed by atoms with Crippen LogP contribution in [0.2, 0.25) is 0 Å². The topological polar surface area (TPSA) is 12.0 Å². The van der Waals surface area contributed by atoms with E-state index in [1.807, 2.05) is 12.1 Å². The summed E-state index contributed by atoms with van der Waals surface area (Å²) in [6, 6.07) is 7.89. The van der Waals surface area contributed by atoms with Gasteiger partial charge in [0.25, 0.3) is 0 Å². The van der Waals surface area contributed by atoms with Gasteiger partial charge in [-0.2, -0.15) is 0 Å². The monoisotopic (exact) mass is 233 g/mol. The van der Waals surface area contributed by atoms with Crippen molar-refractivity contribution in [3.63, 3.8) is 0 Å². The quantitative estimate of drug-likeness (QED) is 0.841. The van der Waals surface area contributed by atoms with Crippen molar-refractivity contribution in [1.29, 1.82) is 0 Å². The lowest BCUT2D eigenvalue weighted by molar-refractivity contribution is 0.133. The van der Waals surface area contributed by atoms with Crippen LogP contribution in [0.1, 0.15) is 38.2 Å². The predicted octanol–water partition coefficient (Wildman–Crippen LogP) is 3.25. The van der Waals surface area contributed by atoms with Crippen LogP contribution in [0.3, 0.4) is 0 Å². The lowest BCUT2D eigenvalue weighted by Gasteiger charge is -2.49. The van der Waals surface area contributed by atoms with Gasteiger partial charge in [-0.05, 0) is 49.3 Å².